The molecule has 2 heterocycles. The summed E-state index contributed by atoms with van der Waals surface area (Å²) in [6.07, 6.45) is 1.94. The number of carbonyl (C=O) groups is 2. The molecule has 2 fully saturated rings. The summed E-state index contributed by atoms with van der Waals surface area (Å²) in [5.41, 5.74) is 3.29. The van der Waals surface area contributed by atoms with Gasteiger partial charge in [-0.15, -0.1) is 0 Å². The van der Waals surface area contributed by atoms with E-state index in [2.05, 4.69) is 13.8 Å². The molecule has 0 spiro atoms. The highest BCUT2D eigenvalue weighted by Gasteiger charge is 2.60. The largest absolute Gasteiger partial charge is 0.490 e. The number of nitrogens with zero attached hydrogens (tertiary/aromatic N) is 2. The molecule has 3 aromatic carbocycles. The van der Waals surface area contributed by atoms with E-state index in [1.54, 1.807) is 5.06 Å². The molecule has 0 aromatic heterocycles. The molecule has 0 saturated carbocycles. The molecule has 0 radical (unpaired) electrons. The normalized spacial score (nSPS) is 20.7. The van der Waals surface area contributed by atoms with Crippen LogP contribution in [0.3, 0.4) is 0 Å². The van der Waals surface area contributed by atoms with Crippen LogP contribution in [0.5, 0.6) is 11.5 Å². The van der Waals surface area contributed by atoms with E-state index in [4.69, 9.17) is 14.3 Å². The number of para-hydroxylation sites is 1. The molecule has 0 N–H and O–H groups in total. The van der Waals surface area contributed by atoms with Crippen molar-refractivity contribution in [2.75, 3.05) is 23.2 Å². The van der Waals surface area contributed by atoms with E-state index in [1.165, 1.54) is 4.90 Å². The van der Waals surface area contributed by atoms with E-state index in [1.807, 2.05) is 79.7 Å². The highest BCUT2D eigenvalue weighted by Crippen LogP contribution is 2.48. The van der Waals surface area contributed by atoms with Gasteiger partial charge < -0.3 is 9.47 Å². The topological polar surface area (TPSA) is 68.3 Å². The number of benzene rings is 3. The Morgan fingerprint density at radius 3 is 2.26 bits per heavy atom. The Bertz CT molecular complexity index is 1280. The van der Waals surface area contributed by atoms with Gasteiger partial charge in [-0.05, 0) is 67.3 Å². The van der Waals surface area contributed by atoms with Gasteiger partial charge in [0.15, 0.2) is 17.6 Å². The fraction of sp³-hybridized carbons (Fsp3) is 0.355. The van der Waals surface area contributed by atoms with Crippen LogP contribution in [0.15, 0.2) is 72.8 Å². The molecule has 2 aliphatic rings. The van der Waals surface area contributed by atoms with E-state index in [9.17, 15) is 9.59 Å². The molecule has 0 unspecified atom stereocenters. The van der Waals surface area contributed by atoms with Crippen LogP contribution in [0.4, 0.5) is 11.4 Å². The summed E-state index contributed by atoms with van der Waals surface area (Å²) in [5, 5.41) is 1.70. The fourth-order valence-electron chi connectivity index (χ4n) is 5.11. The number of rotatable bonds is 10. The van der Waals surface area contributed by atoms with Gasteiger partial charge in [0, 0.05) is 0 Å². The number of hydrogen-bond donors (Lipinski definition) is 0. The predicted molar refractivity (Wildman–Crippen MR) is 146 cm³/mol. The second kappa shape index (κ2) is 11.3. The monoisotopic (exact) mass is 514 g/mol. The first-order chi connectivity index (χ1) is 18.6. The smallest absolute Gasteiger partial charge is 0.266 e. The van der Waals surface area contributed by atoms with Crippen LogP contribution in [-0.2, 0) is 20.8 Å². The SMILES string of the molecule is CCCCOc1ccc([C@@H]2[C@@H]3C(=O)N(c4ccc(CC)cc4)C(=O)[C@H]3ON2c2ccccc2)cc1OCC. The highest BCUT2D eigenvalue weighted by atomic mass is 16.7. The molecule has 0 aliphatic carbocycles. The zero-order chi connectivity index (χ0) is 26.6. The van der Waals surface area contributed by atoms with Crippen LogP contribution in [0, 0.1) is 5.92 Å². The number of hydroxylamine groups is 1. The number of ether oxygens (including phenoxy) is 2. The second-order valence-corrected chi connectivity index (χ2v) is 9.53. The molecular formula is C31H34N2O5. The Hall–Kier alpha value is -3.84. The van der Waals surface area contributed by atoms with Crippen LogP contribution in [-0.4, -0.2) is 31.1 Å². The number of aryl methyl sites for hydroxylation is 1. The lowest BCUT2D eigenvalue weighted by Crippen LogP contribution is -2.37. The molecular weight excluding hydrogens is 480 g/mol. The summed E-state index contributed by atoms with van der Waals surface area (Å²) in [7, 11) is 0. The van der Waals surface area contributed by atoms with Crippen molar-refractivity contribution < 1.29 is 23.9 Å². The van der Waals surface area contributed by atoms with Crippen LogP contribution < -0.4 is 19.4 Å². The third kappa shape index (κ3) is 4.74. The standard InChI is InChI=1S/C31H34N2O5/c1-4-7-19-37-25-18-15-22(20-26(25)36-6-3)28-27-29(38-33(28)24-11-9-8-10-12-24)31(35)32(30(27)34)23-16-13-21(5-2)14-17-23/h8-18,20,27-29H,4-7,19H2,1-3H3/t27-,28+,29-/m0/s1. The Balaban J connectivity index is 1.54. The van der Waals surface area contributed by atoms with Crippen LogP contribution in [0.25, 0.3) is 0 Å². The second-order valence-electron chi connectivity index (χ2n) is 9.53. The van der Waals surface area contributed by atoms with Crippen LogP contribution in [0.2, 0.25) is 0 Å². The summed E-state index contributed by atoms with van der Waals surface area (Å²) < 4.78 is 11.9. The number of hydrogen-bond acceptors (Lipinski definition) is 6. The Kier molecular flexibility index (Phi) is 7.65. The van der Waals surface area contributed by atoms with Crippen molar-refractivity contribution in [3.8, 4) is 11.5 Å². The number of unbranched alkanes of at least 4 members (excludes halogenated alkanes) is 1. The summed E-state index contributed by atoms with van der Waals surface area (Å²) in [6.45, 7) is 7.18. The van der Waals surface area contributed by atoms with E-state index >= 15 is 0 Å². The quantitative estimate of drug-likeness (QED) is 0.249. The maximum atomic E-state index is 13.9. The molecule has 2 aliphatic heterocycles. The lowest BCUT2D eigenvalue weighted by Gasteiger charge is -2.29. The van der Waals surface area contributed by atoms with Crippen LogP contribution >= 0.6 is 0 Å². The van der Waals surface area contributed by atoms with Crippen molar-refractivity contribution in [2.24, 2.45) is 5.92 Å². The first kappa shape index (κ1) is 25.8. The molecule has 3 atom stereocenters. The minimum absolute atomic E-state index is 0.270. The van der Waals surface area contributed by atoms with Crippen molar-refractivity contribution in [2.45, 2.75) is 52.2 Å². The molecule has 5 rings (SSSR count). The molecule has 0 bridgehead atoms. The van der Waals surface area contributed by atoms with Gasteiger partial charge in [-0.1, -0.05) is 56.7 Å². The highest BCUT2D eigenvalue weighted by molar-refractivity contribution is 6.23. The Morgan fingerprint density at radius 1 is 0.816 bits per heavy atom. The first-order valence-corrected chi connectivity index (χ1v) is 13.4. The van der Waals surface area contributed by atoms with Gasteiger partial charge in [0.25, 0.3) is 5.91 Å². The minimum Gasteiger partial charge on any atom is -0.490 e. The average Bonchev–Trinajstić information content (AvgIpc) is 3.46. The summed E-state index contributed by atoms with van der Waals surface area (Å²) >= 11 is 0. The molecule has 38 heavy (non-hydrogen) atoms. The van der Waals surface area contributed by atoms with E-state index < -0.39 is 18.1 Å². The Morgan fingerprint density at radius 2 is 1.58 bits per heavy atom. The number of fused-ring (bicyclic) bond motifs is 1. The predicted octanol–water partition coefficient (Wildman–Crippen LogP) is 5.88. The van der Waals surface area contributed by atoms with Gasteiger partial charge in [0.2, 0.25) is 5.91 Å². The van der Waals surface area contributed by atoms with Crippen molar-refractivity contribution in [1.29, 1.82) is 0 Å². The van der Waals surface area contributed by atoms with Gasteiger partial charge in [0.05, 0.1) is 30.6 Å². The maximum absolute atomic E-state index is 13.9. The van der Waals surface area contributed by atoms with E-state index in [0.29, 0.717) is 30.4 Å². The van der Waals surface area contributed by atoms with Gasteiger partial charge in [-0.25, -0.2) is 9.96 Å². The molecule has 7 nitrogen and oxygen atoms in total. The number of imide groups is 1. The average molecular weight is 515 g/mol. The summed E-state index contributed by atoms with van der Waals surface area (Å²) in [4.78, 5) is 35.0. The summed E-state index contributed by atoms with van der Waals surface area (Å²) in [5.74, 6) is -0.0559. The molecule has 2 saturated heterocycles. The molecule has 3 aromatic rings. The van der Waals surface area contributed by atoms with E-state index in [0.717, 1.165) is 36.1 Å². The molecule has 2 amide bonds. The van der Waals surface area contributed by atoms with Crippen molar-refractivity contribution in [1.82, 2.24) is 0 Å². The lowest BCUT2D eigenvalue weighted by atomic mass is 9.90. The maximum Gasteiger partial charge on any atom is 0.266 e. The van der Waals surface area contributed by atoms with Crippen LogP contribution in [0.1, 0.15) is 50.8 Å². The minimum atomic E-state index is -0.922. The van der Waals surface area contributed by atoms with Crippen molar-refractivity contribution in [3.05, 3.63) is 83.9 Å². The first-order valence-electron chi connectivity index (χ1n) is 13.4. The van der Waals surface area contributed by atoms with E-state index in [-0.39, 0.29) is 11.8 Å². The Labute approximate surface area is 223 Å². The van der Waals surface area contributed by atoms with Gasteiger partial charge in [0.1, 0.15) is 5.92 Å². The number of anilines is 2. The van der Waals surface area contributed by atoms with Gasteiger partial charge in [-0.3, -0.25) is 14.4 Å². The molecule has 198 valence electrons. The summed E-state index contributed by atoms with van der Waals surface area (Å²) in [6, 6.07) is 22.3. The fourth-order valence-corrected chi connectivity index (χ4v) is 5.11. The van der Waals surface area contributed by atoms with Gasteiger partial charge >= 0.3 is 0 Å². The zero-order valence-corrected chi connectivity index (χ0v) is 22.1. The lowest BCUT2D eigenvalue weighted by molar-refractivity contribution is -0.126. The zero-order valence-electron chi connectivity index (χ0n) is 22.1. The van der Waals surface area contributed by atoms with Crippen molar-refractivity contribution in [3.63, 3.8) is 0 Å². The molecule has 7 heteroatoms. The van der Waals surface area contributed by atoms with Gasteiger partial charge in [-0.2, -0.15) is 0 Å². The third-order valence-corrected chi connectivity index (χ3v) is 7.09. The number of amides is 2. The van der Waals surface area contributed by atoms with Crippen molar-refractivity contribution >= 4 is 23.2 Å². The third-order valence-electron chi connectivity index (χ3n) is 7.09. The number of carbonyl (C=O) groups excluding carboxylic acids is 2.